The van der Waals surface area contributed by atoms with Gasteiger partial charge in [-0.05, 0) is 26.3 Å². The quantitative estimate of drug-likeness (QED) is 0.667. The molecule has 2 heterocycles. The van der Waals surface area contributed by atoms with E-state index in [1.165, 1.54) is 11.1 Å². The zero-order valence-electron chi connectivity index (χ0n) is 12.1. The predicted molar refractivity (Wildman–Crippen MR) is 85.6 cm³/mol. The molecular weight excluding hydrogens is 302 g/mol. The van der Waals surface area contributed by atoms with E-state index in [1.807, 2.05) is 13.8 Å². The molecule has 0 aliphatic rings. The van der Waals surface area contributed by atoms with Crippen LogP contribution in [0, 0.1) is 20.8 Å². The second kappa shape index (κ2) is 5.99. The van der Waals surface area contributed by atoms with Gasteiger partial charge in [0.15, 0.2) is 0 Å². The van der Waals surface area contributed by atoms with Gasteiger partial charge in [-0.1, -0.05) is 41.6 Å². The summed E-state index contributed by atoms with van der Waals surface area (Å²) in [7, 11) is 0. The molecule has 0 aliphatic heterocycles. The van der Waals surface area contributed by atoms with Crippen molar-refractivity contribution in [1.82, 2.24) is 15.2 Å². The lowest BCUT2D eigenvalue weighted by molar-refractivity contribution is 0.466. The Morgan fingerprint density at radius 3 is 2.76 bits per heavy atom. The Balaban J connectivity index is 1.72. The van der Waals surface area contributed by atoms with Crippen LogP contribution in [0.4, 0.5) is 0 Å². The summed E-state index contributed by atoms with van der Waals surface area (Å²) in [5, 5.41) is 9.83. The van der Waals surface area contributed by atoms with Gasteiger partial charge in [0.2, 0.25) is 0 Å². The maximum Gasteiger partial charge on any atom is 0.277 e. The molecule has 0 spiro atoms. The first kappa shape index (κ1) is 14.3. The maximum atomic E-state index is 5.73. The van der Waals surface area contributed by atoms with Crippen molar-refractivity contribution in [3.8, 4) is 10.8 Å². The van der Waals surface area contributed by atoms with E-state index in [0.29, 0.717) is 11.1 Å². The number of aryl methyl sites for hydroxylation is 3. The lowest BCUT2D eigenvalue weighted by atomic mass is 10.2. The number of thioether (sulfide) groups is 1. The van der Waals surface area contributed by atoms with Crippen molar-refractivity contribution in [1.29, 1.82) is 0 Å². The maximum absolute atomic E-state index is 5.73. The summed E-state index contributed by atoms with van der Waals surface area (Å²) in [6, 6.07) is 8.43. The first-order chi connectivity index (χ1) is 10.1. The molecule has 0 saturated heterocycles. The summed E-state index contributed by atoms with van der Waals surface area (Å²) in [4.78, 5) is 5.34. The van der Waals surface area contributed by atoms with Gasteiger partial charge in [-0.25, -0.2) is 4.98 Å². The Morgan fingerprint density at radius 2 is 2.05 bits per heavy atom. The number of thiazole rings is 1. The van der Waals surface area contributed by atoms with Gasteiger partial charge in [-0.2, -0.15) is 0 Å². The molecule has 0 unspecified atom stereocenters. The van der Waals surface area contributed by atoms with Crippen LogP contribution in [-0.4, -0.2) is 15.2 Å². The molecule has 4 nitrogen and oxygen atoms in total. The fourth-order valence-corrected chi connectivity index (χ4v) is 3.58. The van der Waals surface area contributed by atoms with Crippen molar-refractivity contribution in [3.05, 3.63) is 46.1 Å². The van der Waals surface area contributed by atoms with Gasteiger partial charge in [0, 0.05) is 5.75 Å². The van der Waals surface area contributed by atoms with E-state index in [2.05, 4.69) is 46.4 Å². The number of hydrogen-bond donors (Lipinski definition) is 0. The summed E-state index contributed by atoms with van der Waals surface area (Å²) >= 11 is 3.13. The first-order valence-electron chi connectivity index (χ1n) is 6.58. The largest absolute Gasteiger partial charge is 0.410 e. The molecule has 0 aliphatic carbocycles. The molecule has 3 aromatic rings. The molecule has 3 rings (SSSR count). The van der Waals surface area contributed by atoms with Crippen molar-refractivity contribution < 1.29 is 4.42 Å². The molecule has 0 bridgehead atoms. The molecule has 2 aromatic heterocycles. The SMILES string of the molecule is Cc1cccc(CSc2nnc(-c3sc(C)nc3C)o2)c1. The number of aromatic nitrogens is 3. The smallest absolute Gasteiger partial charge is 0.277 e. The van der Waals surface area contributed by atoms with Crippen molar-refractivity contribution in [2.75, 3.05) is 0 Å². The lowest BCUT2D eigenvalue weighted by Crippen LogP contribution is -1.81. The van der Waals surface area contributed by atoms with Crippen LogP contribution in [0.3, 0.4) is 0 Å². The van der Waals surface area contributed by atoms with Crippen LogP contribution in [0.15, 0.2) is 33.9 Å². The minimum absolute atomic E-state index is 0.560. The van der Waals surface area contributed by atoms with Crippen LogP contribution in [-0.2, 0) is 5.75 Å². The van der Waals surface area contributed by atoms with E-state index in [1.54, 1.807) is 23.1 Å². The van der Waals surface area contributed by atoms with Crippen LogP contribution in [0.5, 0.6) is 0 Å². The van der Waals surface area contributed by atoms with E-state index in [4.69, 9.17) is 4.42 Å². The standard InChI is InChI=1S/C15H15N3OS2/c1-9-5-4-6-12(7-9)8-20-15-18-17-14(19-15)13-10(2)16-11(3)21-13/h4-7H,8H2,1-3H3. The van der Waals surface area contributed by atoms with Crippen LogP contribution >= 0.6 is 23.1 Å². The molecule has 0 atom stereocenters. The first-order valence-corrected chi connectivity index (χ1v) is 8.38. The van der Waals surface area contributed by atoms with Gasteiger partial charge in [-0.3, -0.25) is 0 Å². The number of hydrogen-bond acceptors (Lipinski definition) is 6. The van der Waals surface area contributed by atoms with Crippen molar-refractivity contribution in [3.63, 3.8) is 0 Å². The van der Waals surface area contributed by atoms with Crippen molar-refractivity contribution in [2.45, 2.75) is 31.7 Å². The fraction of sp³-hybridized carbons (Fsp3) is 0.267. The second-order valence-electron chi connectivity index (χ2n) is 4.80. The molecule has 1 aromatic carbocycles. The van der Waals surface area contributed by atoms with Gasteiger partial charge < -0.3 is 4.42 Å². The molecule has 108 valence electrons. The minimum Gasteiger partial charge on any atom is -0.410 e. The fourth-order valence-electron chi connectivity index (χ4n) is 2.04. The van der Waals surface area contributed by atoms with Crippen LogP contribution in [0.25, 0.3) is 10.8 Å². The predicted octanol–water partition coefficient (Wildman–Crippen LogP) is 4.41. The molecule has 6 heteroatoms. The topological polar surface area (TPSA) is 51.8 Å². The van der Waals surface area contributed by atoms with Gasteiger partial charge in [0.05, 0.1) is 10.7 Å². The van der Waals surface area contributed by atoms with Crippen LogP contribution in [0.1, 0.15) is 21.8 Å². The van der Waals surface area contributed by atoms with Gasteiger partial charge in [0.1, 0.15) is 4.88 Å². The molecular formula is C15H15N3OS2. The van der Waals surface area contributed by atoms with E-state index in [-0.39, 0.29) is 0 Å². The Kier molecular flexibility index (Phi) is 4.07. The highest BCUT2D eigenvalue weighted by Gasteiger charge is 2.15. The summed E-state index contributed by atoms with van der Waals surface area (Å²) < 4.78 is 5.73. The van der Waals surface area contributed by atoms with E-state index < -0.39 is 0 Å². The van der Waals surface area contributed by atoms with E-state index >= 15 is 0 Å². The third-order valence-corrected chi connectivity index (χ3v) is 4.90. The van der Waals surface area contributed by atoms with Crippen molar-refractivity contribution in [2.24, 2.45) is 0 Å². The number of rotatable bonds is 4. The van der Waals surface area contributed by atoms with Gasteiger partial charge in [-0.15, -0.1) is 21.5 Å². The highest BCUT2D eigenvalue weighted by Crippen LogP contribution is 2.31. The molecule has 0 N–H and O–H groups in total. The third-order valence-electron chi connectivity index (χ3n) is 2.95. The average molecular weight is 317 g/mol. The molecule has 0 amide bonds. The molecule has 0 radical (unpaired) electrons. The summed E-state index contributed by atoms with van der Waals surface area (Å²) in [5.41, 5.74) is 3.45. The summed E-state index contributed by atoms with van der Waals surface area (Å²) in [5.74, 6) is 1.38. The van der Waals surface area contributed by atoms with Crippen molar-refractivity contribution >= 4 is 23.1 Å². The van der Waals surface area contributed by atoms with Gasteiger partial charge in [0.25, 0.3) is 11.1 Å². The lowest BCUT2D eigenvalue weighted by Gasteiger charge is -1.99. The van der Waals surface area contributed by atoms with Crippen LogP contribution in [0.2, 0.25) is 0 Å². The summed E-state index contributed by atoms with van der Waals surface area (Å²) in [6.07, 6.45) is 0. The van der Waals surface area contributed by atoms with Crippen LogP contribution < -0.4 is 0 Å². The molecule has 0 saturated carbocycles. The summed E-state index contributed by atoms with van der Waals surface area (Å²) in [6.45, 7) is 6.03. The zero-order chi connectivity index (χ0) is 14.8. The number of nitrogens with zero attached hydrogens (tertiary/aromatic N) is 3. The average Bonchev–Trinajstić information content (AvgIpc) is 3.03. The highest BCUT2D eigenvalue weighted by molar-refractivity contribution is 7.98. The van der Waals surface area contributed by atoms with E-state index in [9.17, 15) is 0 Å². The Morgan fingerprint density at radius 1 is 1.19 bits per heavy atom. The third kappa shape index (κ3) is 3.33. The van der Waals surface area contributed by atoms with Gasteiger partial charge >= 0.3 is 0 Å². The normalized spacial score (nSPS) is 11.0. The molecule has 21 heavy (non-hydrogen) atoms. The zero-order valence-corrected chi connectivity index (χ0v) is 13.7. The van der Waals surface area contributed by atoms with E-state index in [0.717, 1.165) is 21.3 Å². The second-order valence-corrected chi connectivity index (χ2v) is 6.93. The Hall–Kier alpha value is -1.66. The Labute approximate surface area is 131 Å². The highest BCUT2D eigenvalue weighted by atomic mass is 32.2. The number of benzene rings is 1. The molecule has 0 fully saturated rings. The Bertz CT molecular complexity index is 764. The minimum atomic E-state index is 0.560. The monoisotopic (exact) mass is 317 g/mol.